The largest absolute Gasteiger partial charge is 0.481 e. The number of carboxylic acids is 2. The molecule has 0 amide bonds. The van der Waals surface area contributed by atoms with Gasteiger partial charge in [0.2, 0.25) is 0 Å². The number of aromatic nitrogens is 4. The van der Waals surface area contributed by atoms with Gasteiger partial charge in [-0.05, 0) is 10.4 Å². The summed E-state index contributed by atoms with van der Waals surface area (Å²) in [6.07, 6.45) is -0.228. The summed E-state index contributed by atoms with van der Waals surface area (Å²) in [6, 6.07) is 0. The maximum Gasteiger partial charge on any atom is 0.318 e. The van der Waals surface area contributed by atoms with E-state index in [0.29, 0.717) is 0 Å². The van der Waals surface area contributed by atoms with Crippen molar-refractivity contribution in [1.29, 1.82) is 0 Å². The minimum absolute atomic E-state index is 0.222. The van der Waals surface area contributed by atoms with Crippen molar-refractivity contribution in [3.8, 4) is 0 Å². The zero-order chi connectivity index (χ0) is 10.7. The second-order valence-electron chi connectivity index (χ2n) is 2.65. The number of carboxylic acid groups (broad SMARTS) is 2. The number of hydrogen-bond donors (Lipinski definition) is 2. The fraction of sp³-hybridized carbons (Fsp3) is 0.500. The molecule has 0 aliphatic carbocycles. The zero-order valence-corrected chi connectivity index (χ0v) is 7.28. The number of carbonyl (C=O) groups is 2. The Balaban J connectivity index is 2.80. The number of hydrogen-bond acceptors (Lipinski definition) is 5. The lowest BCUT2D eigenvalue weighted by atomic mass is 10.1. The molecule has 0 spiro atoms. The van der Waals surface area contributed by atoms with Crippen LogP contribution in [0.2, 0.25) is 0 Å². The summed E-state index contributed by atoms with van der Waals surface area (Å²) < 4.78 is 1.23. The van der Waals surface area contributed by atoms with E-state index in [1.54, 1.807) is 0 Å². The fourth-order valence-corrected chi connectivity index (χ4v) is 0.884. The summed E-state index contributed by atoms with van der Waals surface area (Å²) in [5.41, 5.74) is 0. The highest BCUT2D eigenvalue weighted by Crippen LogP contribution is 2.05. The standard InChI is InChI=1S/C6H8N4O4/c1-10-4(7-8-9-10)2-3(5(11)12)6(13)14/h3H,2H2,1H3,(H,11,12)(H,13,14). The number of rotatable bonds is 4. The molecule has 1 heterocycles. The normalized spacial score (nSPS) is 10.4. The smallest absolute Gasteiger partial charge is 0.318 e. The molecule has 14 heavy (non-hydrogen) atoms. The first-order valence-electron chi connectivity index (χ1n) is 3.69. The van der Waals surface area contributed by atoms with Gasteiger partial charge in [0.05, 0.1) is 0 Å². The Morgan fingerprint density at radius 1 is 1.43 bits per heavy atom. The molecule has 0 unspecified atom stereocenters. The Morgan fingerprint density at radius 2 is 2.00 bits per heavy atom. The van der Waals surface area contributed by atoms with E-state index in [0.717, 1.165) is 0 Å². The fourth-order valence-electron chi connectivity index (χ4n) is 0.884. The molecule has 1 rings (SSSR count). The van der Waals surface area contributed by atoms with Crippen LogP contribution in [-0.2, 0) is 23.1 Å². The van der Waals surface area contributed by atoms with E-state index in [1.165, 1.54) is 11.7 Å². The number of nitrogens with zero attached hydrogens (tertiary/aromatic N) is 4. The molecule has 0 radical (unpaired) electrons. The van der Waals surface area contributed by atoms with E-state index in [9.17, 15) is 9.59 Å². The Morgan fingerprint density at radius 3 is 2.36 bits per heavy atom. The van der Waals surface area contributed by atoms with Gasteiger partial charge in [-0.3, -0.25) is 9.59 Å². The van der Waals surface area contributed by atoms with Gasteiger partial charge >= 0.3 is 11.9 Å². The summed E-state index contributed by atoms with van der Waals surface area (Å²) >= 11 is 0. The van der Waals surface area contributed by atoms with Crippen molar-refractivity contribution >= 4 is 11.9 Å². The zero-order valence-electron chi connectivity index (χ0n) is 7.28. The summed E-state index contributed by atoms with van der Waals surface area (Å²) in [5, 5.41) is 27.4. The van der Waals surface area contributed by atoms with Gasteiger partial charge in [-0.25, -0.2) is 4.68 Å². The van der Waals surface area contributed by atoms with Gasteiger partial charge < -0.3 is 10.2 Å². The monoisotopic (exact) mass is 200 g/mol. The molecule has 1 aromatic heterocycles. The molecule has 76 valence electrons. The second-order valence-corrected chi connectivity index (χ2v) is 2.65. The molecule has 0 aliphatic heterocycles. The predicted molar refractivity (Wildman–Crippen MR) is 41.3 cm³/mol. The van der Waals surface area contributed by atoms with Crippen molar-refractivity contribution in [1.82, 2.24) is 20.2 Å². The minimum atomic E-state index is -1.51. The first kappa shape index (κ1) is 10.1. The van der Waals surface area contributed by atoms with Gasteiger partial charge in [-0.1, -0.05) is 0 Å². The Bertz CT molecular complexity index is 346. The second kappa shape index (κ2) is 3.81. The van der Waals surface area contributed by atoms with Crippen molar-refractivity contribution in [2.75, 3.05) is 0 Å². The molecule has 1 aromatic rings. The number of tetrazole rings is 1. The van der Waals surface area contributed by atoms with Crippen molar-refractivity contribution in [3.63, 3.8) is 0 Å². The van der Waals surface area contributed by atoms with Crippen molar-refractivity contribution in [2.45, 2.75) is 6.42 Å². The van der Waals surface area contributed by atoms with Gasteiger partial charge in [0, 0.05) is 13.5 Å². The van der Waals surface area contributed by atoms with Crippen molar-refractivity contribution in [2.24, 2.45) is 13.0 Å². The number of aryl methyl sites for hydroxylation is 1. The quantitative estimate of drug-likeness (QED) is 0.570. The highest BCUT2D eigenvalue weighted by molar-refractivity contribution is 5.93. The van der Waals surface area contributed by atoms with E-state index >= 15 is 0 Å². The first-order chi connectivity index (χ1) is 6.52. The summed E-state index contributed by atoms with van der Waals surface area (Å²) in [7, 11) is 1.51. The van der Waals surface area contributed by atoms with Crippen LogP contribution in [0.3, 0.4) is 0 Å². The summed E-state index contributed by atoms with van der Waals surface area (Å²) in [5.74, 6) is -4.10. The Labute approximate surface area is 78.2 Å². The average Bonchev–Trinajstić information content (AvgIpc) is 2.46. The third kappa shape index (κ3) is 2.03. The van der Waals surface area contributed by atoms with Gasteiger partial charge in [0.15, 0.2) is 11.7 Å². The van der Waals surface area contributed by atoms with E-state index in [4.69, 9.17) is 10.2 Å². The van der Waals surface area contributed by atoms with Crippen LogP contribution in [0.5, 0.6) is 0 Å². The molecule has 8 heteroatoms. The van der Waals surface area contributed by atoms with E-state index < -0.39 is 17.9 Å². The van der Waals surface area contributed by atoms with Gasteiger partial charge in [0.1, 0.15) is 0 Å². The third-order valence-corrected chi connectivity index (χ3v) is 1.69. The van der Waals surface area contributed by atoms with Crippen LogP contribution in [0.1, 0.15) is 5.82 Å². The highest BCUT2D eigenvalue weighted by Gasteiger charge is 2.27. The SMILES string of the molecule is Cn1nnnc1CC(C(=O)O)C(=O)O. The molecule has 0 bridgehead atoms. The third-order valence-electron chi connectivity index (χ3n) is 1.69. The molecular formula is C6H8N4O4. The maximum atomic E-state index is 10.5. The lowest BCUT2D eigenvalue weighted by Gasteiger charge is -2.04. The van der Waals surface area contributed by atoms with E-state index in [-0.39, 0.29) is 12.2 Å². The highest BCUT2D eigenvalue weighted by atomic mass is 16.4. The molecule has 0 aromatic carbocycles. The minimum Gasteiger partial charge on any atom is -0.481 e. The Hall–Kier alpha value is -1.99. The van der Waals surface area contributed by atoms with Gasteiger partial charge in [-0.15, -0.1) is 5.10 Å². The molecule has 2 N–H and O–H groups in total. The average molecular weight is 200 g/mol. The van der Waals surface area contributed by atoms with Crippen molar-refractivity contribution < 1.29 is 19.8 Å². The van der Waals surface area contributed by atoms with Gasteiger partial charge in [-0.2, -0.15) is 0 Å². The Kier molecular flexibility index (Phi) is 2.75. The molecule has 0 aliphatic rings. The lowest BCUT2D eigenvalue weighted by Crippen LogP contribution is -2.26. The van der Waals surface area contributed by atoms with E-state index in [1.807, 2.05) is 0 Å². The predicted octanol–water partition coefficient (Wildman–Crippen LogP) is -1.46. The maximum absolute atomic E-state index is 10.5. The summed E-state index contributed by atoms with van der Waals surface area (Å²) in [4.78, 5) is 21.0. The molecule has 0 fully saturated rings. The molecule has 0 saturated heterocycles. The van der Waals surface area contributed by atoms with Crippen LogP contribution >= 0.6 is 0 Å². The van der Waals surface area contributed by atoms with Crippen LogP contribution in [0.4, 0.5) is 0 Å². The molecule has 0 atom stereocenters. The van der Waals surface area contributed by atoms with Crippen LogP contribution in [-0.4, -0.2) is 42.4 Å². The van der Waals surface area contributed by atoms with Crippen molar-refractivity contribution in [3.05, 3.63) is 5.82 Å². The molecular weight excluding hydrogens is 192 g/mol. The van der Waals surface area contributed by atoms with Crippen LogP contribution < -0.4 is 0 Å². The van der Waals surface area contributed by atoms with Crippen LogP contribution in [0.15, 0.2) is 0 Å². The topological polar surface area (TPSA) is 118 Å². The van der Waals surface area contributed by atoms with E-state index in [2.05, 4.69) is 15.5 Å². The van der Waals surface area contributed by atoms with Gasteiger partial charge in [0.25, 0.3) is 0 Å². The van der Waals surface area contributed by atoms with Crippen LogP contribution in [0, 0.1) is 5.92 Å². The number of aliphatic carboxylic acids is 2. The van der Waals surface area contributed by atoms with Crippen LogP contribution in [0.25, 0.3) is 0 Å². The summed E-state index contributed by atoms with van der Waals surface area (Å²) in [6.45, 7) is 0. The molecule has 8 nitrogen and oxygen atoms in total. The lowest BCUT2D eigenvalue weighted by molar-refractivity contribution is -0.154. The first-order valence-corrected chi connectivity index (χ1v) is 3.69. The molecule has 0 saturated carbocycles.